The van der Waals surface area contributed by atoms with Gasteiger partial charge in [-0.15, -0.1) is 0 Å². The molecule has 0 fully saturated rings. The zero-order valence-electron chi connectivity index (χ0n) is 10.7. The quantitative estimate of drug-likeness (QED) is 0.765. The van der Waals surface area contributed by atoms with E-state index in [0.717, 1.165) is 5.56 Å². The van der Waals surface area contributed by atoms with Crippen LogP contribution in [-0.2, 0) is 6.54 Å². The van der Waals surface area contributed by atoms with Gasteiger partial charge in [-0.2, -0.15) is 0 Å². The molecule has 0 atom stereocenters. The summed E-state index contributed by atoms with van der Waals surface area (Å²) in [5, 5.41) is 3.72. The molecule has 0 saturated heterocycles. The molecule has 0 amide bonds. The van der Waals surface area contributed by atoms with E-state index in [1.165, 1.54) is 12.1 Å². The van der Waals surface area contributed by atoms with Crippen molar-refractivity contribution in [3.63, 3.8) is 0 Å². The third-order valence-electron chi connectivity index (χ3n) is 3.14. The molecule has 0 unspecified atom stereocenters. The molecule has 3 nitrogen and oxygen atoms in total. The Morgan fingerprint density at radius 1 is 1.05 bits per heavy atom. The lowest BCUT2D eigenvalue weighted by Gasteiger charge is -2.09. The molecule has 3 rings (SSSR count). The molecule has 1 aromatic heterocycles. The number of benzene rings is 2. The molecule has 0 spiro atoms. The van der Waals surface area contributed by atoms with E-state index in [4.69, 9.17) is 0 Å². The highest BCUT2D eigenvalue weighted by atomic mass is 19.1. The smallest absolute Gasteiger partial charge is 0.248 e. The molecule has 0 aliphatic rings. The fourth-order valence-electron chi connectivity index (χ4n) is 2.10. The molecule has 0 saturated carbocycles. The van der Waals surface area contributed by atoms with Crippen LogP contribution in [0.5, 0.6) is 0 Å². The summed E-state index contributed by atoms with van der Waals surface area (Å²) in [6.45, 7) is 0.528. The Balaban J connectivity index is 1.91. The van der Waals surface area contributed by atoms with Gasteiger partial charge >= 0.3 is 0 Å². The molecule has 4 heteroatoms. The lowest BCUT2D eigenvalue weighted by atomic mass is 10.1. The van der Waals surface area contributed by atoms with Gasteiger partial charge in [-0.1, -0.05) is 30.3 Å². The summed E-state index contributed by atoms with van der Waals surface area (Å²) in [4.78, 5) is 14.0. The van der Waals surface area contributed by atoms with Crippen molar-refractivity contribution in [2.75, 3.05) is 5.32 Å². The first-order valence-electron chi connectivity index (χ1n) is 6.33. The second kappa shape index (κ2) is 5.17. The second-order valence-corrected chi connectivity index (χ2v) is 4.58. The monoisotopic (exact) mass is 268 g/mol. The molecular weight excluding hydrogens is 255 g/mol. The van der Waals surface area contributed by atoms with E-state index in [9.17, 15) is 9.18 Å². The van der Waals surface area contributed by atoms with E-state index in [2.05, 4.69) is 10.3 Å². The van der Waals surface area contributed by atoms with Gasteiger partial charge in [0, 0.05) is 18.0 Å². The Kier molecular flexibility index (Phi) is 3.21. The fourth-order valence-corrected chi connectivity index (χ4v) is 2.10. The van der Waals surface area contributed by atoms with Gasteiger partial charge in [-0.3, -0.25) is 4.79 Å². The highest BCUT2D eigenvalue weighted by molar-refractivity contribution is 5.82. The van der Waals surface area contributed by atoms with Gasteiger partial charge in [0.15, 0.2) is 0 Å². The van der Waals surface area contributed by atoms with Crippen LogP contribution in [0.25, 0.3) is 10.9 Å². The van der Waals surface area contributed by atoms with Gasteiger partial charge in [-0.05, 0) is 23.8 Å². The highest BCUT2D eigenvalue weighted by Gasteiger charge is 2.05. The summed E-state index contributed by atoms with van der Waals surface area (Å²) >= 11 is 0. The van der Waals surface area contributed by atoms with Crippen LogP contribution in [-0.4, -0.2) is 4.98 Å². The van der Waals surface area contributed by atoms with Crippen LogP contribution in [0.15, 0.2) is 59.4 Å². The number of pyridine rings is 1. The highest BCUT2D eigenvalue weighted by Crippen LogP contribution is 2.21. The molecule has 0 radical (unpaired) electrons. The molecule has 0 aliphatic carbocycles. The van der Waals surface area contributed by atoms with Crippen LogP contribution < -0.4 is 10.9 Å². The minimum absolute atomic E-state index is 0.196. The second-order valence-electron chi connectivity index (χ2n) is 4.58. The van der Waals surface area contributed by atoms with Crippen molar-refractivity contribution in [2.24, 2.45) is 0 Å². The molecule has 100 valence electrons. The summed E-state index contributed by atoms with van der Waals surface area (Å²) in [5.74, 6) is -0.333. The molecule has 2 N–H and O–H groups in total. The van der Waals surface area contributed by atoms with Crippen molar-refractivity contribution in [3.8, 4) is 0 Å². The van der Waals surface area contributed by atoms with Crippen molar-refractivity contribution in [1.82, 2.24) is 4.98 Å². The maximum atomic E-state index is 14.0. The van der Waals surface area contributed by atoms with Crippen LogP contribution in [0.1, 0.15) is 5.56 Å². The van der Waals surface area contributed by atoms with Crippen molar-refractivity contribution >= 4 is 16.6 Å². The number of fused-ring (bicyclic) bond motifs is 1. The molecular formula is C16H13FN2O. The standard InChI is InChI=1S/C16H13FN2O/c17-13-8-12-6-7-16(20)19-14(12)9-15(13)18-10-11-4-2-1-3-5-11/h1-9,18H,10H2,(H,19,20). The predicted molar refractivity (Wildman–Crippen MR) is 78.3 cm³/mol. The predicted octanol–water partition coefficient (Wildman–Crippen LogP) is 3.28. The third kappa shape index (κ3) is 2.54. The Morgan fingerprint density at radius 3 is 2.65 bits per heavy atom. The number of hydrogen-bond donors (Lipinski definition) is 2. The van der Waals surface area contributed by atoms with Crippen LogP contribution >= 0.6 is 0 Å². The average molecular weight is 268 g/mol. The van der Waals surface area contributed by atoms with Crippen molar-refractivity contribution in [1.29, 1.82) is 0 Å². The normalized spacial score (nSPS) is 10.7. The topological polar surface area (TPSA) is 44.9 Å². The van der Waals surface area contributed by atoms with Crippen LogP contribution in [0.4, 0.5) is 10.1 Å². The molecule has 3 aromatic rings. The SMILES string of the molecule is O=c1ccc2cc(F)c(NCc3ccccc3)cc2[nH]1. The van der Waals surface area contributed by atoms with Gasteiger partial charge < -0.3 is 10.3 Å². The van der Waals surface area contributed by atoms with Gasteiger partial charge in [0.05, 0.1) is 11.2 Å². The summed E-state index contributed by atoms with van der Waals surface area (Å²) < 4.78 is 14.0. The minimum atomic E-state index is -0.333. The van der Waals surface area contributed by atoms with Gasteiger partial charge in [0.1, 0.15) is 5.82 Å². The molecule has 20 heavy (non-hydrogen) atoms. The molecule has 1 heterocycles. The lowest BCUT2D eigenvalue weighted by molar-refractivity contribution is 0.632. The van der Waals surface area contributed by atoms with E-state index >= 15 is 0 Å². The summed E-state index contributed by atoms with van der Waals surface area (Å²) in [6, 6.07) is 15.8. The number of halogens is 1. The number of H-pyrrole nitrogens is 1. The first-order chi connectivity index (χ1) is 9.72. The Morgan fingerprint density at radius 2 is 1.85 bits per heavy atom. The maximum Gasteiger partial charge on any atom is 0.248 e. The average Bonchev–Trinajstić information content (AvgIpc) is 2.46. The van der Waals surface area contributed by atoms with Gasteiger partial charge in [0.25, 0.3) is 0 Å². The van der Waals surface area contributed by atoms with Gasteiger partial charge in [0.2, 0.25) is 5.56 Å². The van der Waals surface area contributed by atoms with E-state index in [-0.39, 0.29) is 11.4 Å². The molecule has 0 aliphatic heterocycles. The summed E-state index contributed by atoms with van der Waals surface area (Å²) in [5.41, 5.74) is 1.87. The number of hydrogen-bond acceptors (Lipinski definition) is 2. The zero-order valence-corrected chi connectivity index (χ0v) is 10.7. The lowest BCUT2D eigenvalue weighted by Crippen LogP contribution is -2.05. The van der Waals surface area contributed by atoms with E-state index in [1.807, 2.05) is 30.3 Å². The fraction of sp³-hybridized carbons (Fsp3) is 0.0625. The summed E-state index contributed by atoms with van der Waals surface area (Å²) in [6.07, 6.45) is 0. The molecule has 0 bridgehead atoms. The van der Waals surface area contributed by atoms with Crippen LogP contribution in [0, 0.1) is 5.82 Å². The maximum absolute atomic E-state index is 14.0. The first kappa shape index (κ1) is 12.4. The van der Waals surface area contributed by atoms with E-state index in [0.29, 0.717) is 23.1 Å². The zero-order chi connectivity index (χ0) is 13.9. The van der Waals surface area contributed by atoms with Crippen molar-refractivity contribution in [2.45, 2.75) is 6.54 Å². The number of nitrogens with one attached hydrogen (secondary N) is 2. The van der Waals surface area contributed by atoms with Crippen molar-refractivity contribution < 1.29 is 4.39 Å². The molecule has 2 aromatic carbocycles. The summed E-state index contributed by atoms with van der Waals surface area (Å²) in [7, 11) is 0. The number of rotatable bonds is 3. The Labute approximate surface area is 115 Å². The third-order valence-corrected chi connectivity index (χ3v) is 3.14. The number of anilines is 1. The van der Waals surface area contributed by atoms with Gasteiger partial charge in [-0.25, -0.2) is 4.39 Å². The van der Waals surface area contributed by atoms with Crippen LogP contribution in [0.3, 0.4) is 0 Å². The van der Waals surface area contributed by atoms with E-state index < -0.39 is 0 Å². The van der Waals surface area contributed by atoms with E-state index in [1.54, 1.807) is 12.1 Å². The largest absolute Gasteiger partial charge is 0.379 e. The van der Waals surface area contributed by atoms with Crippen molar-refractivity contribution in [3.05, 3.63) is 76.3 Å². The number of aromatic nitrogens is 1. The van der Waals surface area contributed by atoms with Crippen LogP contribution in [0.2, 0.25) is 0 Å². The Bertz CT molecular complexity index is 796. The Hall–Kier alpha value is -2.62. The first-order valence-corrected chi connectivity index (χ1v) is 6.33. The minimum Gasteiger partial charge on any atom is -0.379 e. The number of aromatic amines is 1.